The molecule has 0 N–H and O–H groups in total. The molecular formula is C58H36N6. The molecule has 0 bridgehead atoms. The van der Waals surface area contributed by atoms with Gasteiger partial charge in [-0.05, 0) is 89.0 Å². The second-order valence-corrected chi connectivity index (χ2v) is 16.0. The van der Waals surface area contributed by atoms with Crippen LogP contribution in [0.25, 0.3) is 111 Å². The van der Waals surface area contributed by atoms with Crippen molar-refractivity contribution < 1.29 is 0 Å². The van der Waals surface area contributed by atoms with E-state index in [9.17, 15) is 5.26 Å². The standard InChI is InChI=1S/C58H36N6/c59-37-38-14-13-19-43(32-38)57-60-56(42-28-26-41(27-29-42)39-15-3-1-4-16-39)61-58(62-57)45-33-44(40-17-5-2-6-18-40)34-47(35-45)64-54-25-12-9-22-50(54)51-36-46(30-31-55(51)64)63-52-23-10-7-20-48(52)49-21-8-11-24-53(49)63/h1-36H. The SMILES string of the molecule is N#Cc1cccc(-c2nc(-c3ccc(-c4ccccc4)cc3)nc(-c3cc(-c4ccccc4)cc(-n4c5ccccc5c5cc(-n6c7ccccc7c7ccccc76)ccc54)c3)n2)c1. The maximum Gasteiger partial charge on any atom is 0.164 e. The first-order valence-corrected chi connectivity index (χ1v) is 21.3. The lowest BCUT2D eigenvalue weighted by Gasteiger charge is -2.15. The van der Waals surface area contributed by atoms with E-state index in [1.807, 2.05) is 42.5 Å². The Morgan fingerprint density at radius 2 is 0.750 bits per heavy atom. The van der Waals surface area contributed by atoms with Gasteiger partial charge in [0.2, 0.25) is 0 Å². The topological polar surface area (TPSA) is 72.3 Å². The average Bonchev–Trinajstić information content (AvgIpc) is 3.89. The van der Waals surface area contributed by atoms with Crippen LogP contribution in [-0.4, -0.2) is 24.1 Å². The highest BCUT2D eigenvalue weighted by molar-refractivity contribution is 6.12. The highest BCUT2D eigenvalue weighted by Crippen LogP contribution is 2.39. The van der Waals surface area contributed by atoms with Crippen LogP contribution in [0.5, 0.6) is 0 Å². The third kappa shape index (κ3) is 6.31. The van der Waals surface area contributed by atoms with Gasteiger partial charge in [-0.15, -0.1) is 0 Å². The smallest absolute Gasteiger partial charge is 0.164 e. The van der Waals surface area contributed by atoms with Crippen LogP contribution in [-0.2, 0) is 0 Å². The summed E-state index contributed by atoms with van der Waals surface area (Å²) in [5.74, 6) is 1.57. The molecule has 0 spiro atoms. The second kappa shape index (κ2) is 15.2. The van der Waals surface area contributed by atoms with E-state index in [1.54, 1.807) is 6.07 Å². The number of rotatable bonds is 7. The maximum absolute atomic E-state index is 9.85. The van der Waals surface area contributed by atoms with Gasteiger partial charge in [0, 0.05) is 49.6 Å². The molecule has 0 atom stereocenters. The minimum Gasteiger partial charge on any atom is -0.309 e. The van der Waals surface area contributed by atoms with Gasteiger partial charge in [0.25, 0.3) is 0 Å². The number of fused-ring (bicyclic) bond motifs is 6. The largest absolute Gasteiger partial charge is 0.309 e. The summed E-state index contributed by atoms with van der Waals surface area (Å²) in [6.45, 7) is 0. The predicted octanol–water partition coefficient (Wildman–Crippen LogP) is 14.3. The predicted molar refractivity (Wildman–Crippen MR) is 260 cm³/mol. The Kier molecular flexibility index (Phi) is 8.77. The lowest BCUT2D eigenvalue weighted by atomic mass is 10.0. The van der Waals surface area contributed by atoms with Crippen molar-refractivity contribution in [3.63, 3.8) is 0 Å². The van der Waals surface area contributed by atoms with E-state index in [2.05, 4.69) is 185 Å². The molecule has 298 valence electrons. The zero-order chi connectivity index (χ0) is 42.6. The molecule has 64 heavy (non-hydrogen) atoms. The first-order chi connectivity index (χ1) is 31.7. The first-order valence-electron chi connectivity index (χ1n) is 21.3. The molecule has 0 aliphatic carbocycles. The van der Waals surface area contributed by atoms with E-state index in [4.69, 9.17) is 15.0 Å². The van der Waals surface area contributed by atoms with Crippen LogP contribution in [0.2, 0.25) is 0 Å². The Balaban J connectivity index is 1.07. The monoisotopic (exact) mass is 816 g/mol. The fraction of sp³-hybridized carbons (Fsp3) is 0. The van der Waals surface area contributed by atoms with Gasteiger partial charge < -0.3 is 9.13 Å². The van der Waals surface area contributed by atoms with Gasteiger partial charge in [0.15, 0.2) is 17.5 Å². The normalized spacial score (nSPS) is 11.4. The molecule has 0 fully saturated rings. The average molecular weight is 817 g/mol. The Hall–Kier alpha value is -8.92. The third-order valence-corrected chi connectivity index (χ3v) is 12.2. The maximum atomic E-state index is 9.85. The van der Waals surface area contributed by atoms with E-state index < -0.39 is 0 Å². The summed E-state index contributed by atoms with van der Waals surface area (Å²) in [6.07, 6.45) is 0. The van der Waals surface area contributed by atoms with Gasteiger partial charge >= 0.3 is 0 Å². The summed E-state index contributed by atoms with van der Waals surface area (Å²) in [4.78, 5) is 15.4. The molecule has 9 aromatic carbocycles. The van der Waals surface area contributed by atoms with Crippen molar-refractivity contribution in [1.82, 2.24) is 24.1 Å². The van der Waals surface area contributed by atoms with Crippen LogP contribution in [0, 0.1) is 11.3 Å². The summed E-state index contributed by atoms with van der Waals surface area (Å²) in [5.41, 5.74) is 14.0. The van der Waals surface area contributed by atoms with E-state index in [0.29, 0.717) is 23.0 Å². The number of para-hydroxylation sites is 3. The minimum absolute atomic E-state index is 0.491. The lowest BCUT2D eigenvalue weighted by molar-refractivity contribution is 1.07. The fourth-order valence-corrected chi connectivity index (χ4v) is 9.18. The number of nitriles is 1. The van der Waals surface area contributed by atoms with Crippen molar-refractivity contribution in [3.8, 4) is 73.9 Å². The Morgan fingerprint density at radius 1 is 0.297 bits per heavy atom. The molecule has 3 aromatic heterocycles. The number of hydrogen-bond acceptors (Lipinski definition) is 4. The zero-order valence-corrected chi connectivity index (χ0v) is 34.5. The van der Waals surface area contributed by atoms with Gasteiger partial charge in [-0.2, -0.15) is 5.26 Å². The quantitative estimate of drug-likeness (QED) is 0.161. The van der Waals surface area contributed by atoms with Crippen molar-refractivity contribution in [3.05, 3.63) is 224 Å². The van der Waals surface area contributed by atoms with Crippen molar-refractivity contribution in [2.45, 2.75) is 0 Å². The molecule has 12 rings (SSSR count). The third-order valence-electron chi connectivity index (χ3n) is 12.2. The van der Waals surface area contributed by atoms with Gasteiger partial charge in [0.1, 0.15) is 0 Å². The summed E-state index contributed by atoms with van der Waals surface area (Å²) in [7, 11) is 0. The fourth-order valence-electron chi connectivity index (χ4n) is 9.18. The molecule has 0 unspecified atom stereocenters. The number of nitrogens with zero attached hydrogens (tertiary/aromatic N) is 6. The van der Waals surface area contributed by atoms with E-state index in [1.165, 1.54) is 21.8 Å². The number of hydrogen-bond donors (Lipinski definition) is 0. The molecular weight excluding hydrogens is 781 g/mol. The minimum atomic E-state index is 0.491. The summed E-state index contributed by atoms with van der Waals surface area (Å²) in [5, 5.41) is 14.6. The molecule has 0 aliphatic heterocycles. The van der Waals surface area contributed by atoms with Gasteiger partial charge in [-0.3, -0.25) is 0 Å². The summed E-state index contributed by atoms with van der Waals surface area (Å²) < 4.78 is 4.74. The van der Waals surface area contributed by atoms with Crippen molar-refractivity contribution in [2.75, 3.05) is 0 Å². The molecule has 0 aliphatic rings. The molecule has 6 heteroatoms. The van der Waals surface area contributed by atoms with Crippen LogP contribution in [0.3, 0.4) is 0 Å². The Labute approximate surface area is 369 Å². The van der Waals surface area contributed by atoms with Gasteiger partial charge in [-0.1, -0.05) is 152 Å². The molecule has 0 saturated heterocycles. The van der Waals surface area contributed by atoms with Crippen molar-refractivity contribution >= 4 is 43.6 Å². The summed E-state index contributed by atoms with van der Waals surface area (Å²) in [6, 6.07) is 78.2. The van der Waals surface area contributed by atoms with E-state index in [0.717, 1.165) is 72.1 Å². The van der Waals surface area contributed by atoms with E-state index in [-0.39, 0.29) is 0 Å². The molecule has 0 saturated carbocycles. The highest BCUT2D eigenvalue weighted by atomic mass is 15.0. The molecule has 6 nitrogen and oxygen atoms in total. The first kappa shape index (κ1) is 36.9. The second-order valence-electron chi connectivity index (χ2n) is 16.0. The lowest BCUT2D eigenvalue weighted by Crippen LogP contribution is -2.02. The number of aromatic nitrogens is 5. The molecule has 3 heterocycles. The van der Waals surface area contributed by atoms with Crippen LogP contribution in [0.4, 0.5) is 0 Å². The number of benzene rings is 9. The zero-order valence-electron chi connectivity index (χ0n) is 34.5. The Morgan fingerprint density at radius 3 is 1.38 bits per heavy atom. The van der Waals surface area contributed by atoms with Crippen molar-refractivity contribution in [1.29, 1.82) is 5.26 Å². The van der Waals surface area contributed by atoms with Crippen LogP contribution in [0.1, 0.15) is 5.56 Å². The molecule has 0 amide bonds. The van der Waals surface area contributed by atoms with Crippen molar-refractivity contribution in [2.24, 2.45) is 0 Å². The van der Waals surface area contributed by atoms with Crippen LogP contribution < -0.4 is 0 Å². The molecule has 0 radical (unpaired) electrons. The summed E-state index contributed by atoms with van der Waals surface area (Å²) >= 11 is 0. The van der Waals surface area contributed by atoms with E-state index >= 15 is 0 Å². The van der Waals surface area contributed by atoms with Gasteiger partial charge in [-0.25, -0.2) is 15.0 Å². The van der Waals surface area contributed by atoms with Gasteiger partial charge in [0.05, 0.1) is 33.7 Å². The highest BCUT2D eigenvalue weighted by Gasteiger charge is 2.20. The van der Waals surface area contributed by atoms with Crippen LogP contribution in [0.15, 0.2) is 218 Å². The Bertz CT molecular complexity index is 3730. The molecule has 12 aromatic rings. The van der Waals surface area contributed by atoms with Crippen LogP contribution >= 0.6 is 0 Å².